The first-order chi connectivity index (χ1) is 8.02. The molecule has 1 aromatic carbocycles. The number of anilines is 2. The third kappa shape index (κ3) is 3.81. The van der Waals surface area contributed by atoms with Crippen LogP contribution in [0.5, 0.6) is 0 Å². The van der Waals surface area contributed by atoms with E-state index in [1.165, 1.54) is 0 Å². The van der Waals surface area contributed by atoms with Crippen LogP contribution in [0, 0.1) is 11.6 Å². The molecule has 0 aromatic heterocycles. The van der Waals surface area contributed by atoms with Crippen LogP contribution in [0.15, 0.2) is 12.1 Å². The van der Waals surface area contributed by atoms with Crippen LogP contribution in [-0.4, -0.2) is 14.0 Å². The molecule has 0 atom stereocenters. The molecule has 0 amide bonds. The quantitative estimate of drug-likeness (QED) is 0.735. The average molecular weight is 279 g/mol. The Morgan fingerprint density at radius 1 is 1.22 bits per heavy atom. The van der Waals surface area contributed by atoms with Crippen LogP contribution < -0.4 is 15.2 Å². The lowest BCUT2D eigenvalue weighted by molar-refractivity contribution is 0.493. The largest absolute Gasteiger partial charge is 0.397 e. The molecule has 0 fully saturated rings. The fourth-order valence-electron chi connectivity index (χ4n) is 1.23. The molecule has 0 aliphatic heterocycles. The summed E-state index contributed by atoms with van der Waals surface area (Å²) in [4.78, 5) is 0. The van der Waals surface area contributed by atoms with Gasteiger partial charge in [0, 0.05) is 5.54 Å². The molecular weight excluding hydrogens is 264 g/mol. The molecule has 0 bridgehead atoms. The lowest BCUT2D eigenvalue weighted by atomic mass is 10.1. The van der Waals surface area contributed by atoms with Gasteiger partial charge in [-0.05, 0) is 32.9 Å². The summed E-state index contributed by atoms with van der Waals surface area (Å²) in [6.07, 6.45) is 0. The molecule has 18 heavy (non-hydrogen) atoms. The van der Waals surface area contributed by atoms with Crippen molar-refractivity contribution in [2.75, 3.05) is 10.5 Å². The Morgan fingerprint density at radius 3 is 2.28 bits per heavy atom. The van der Waals surface area contributed by atoms with Gasteiger partial charge in [0.1, 0.15) is 5.69 Å². The minimum Gasteiger partial charge on any atom is -0.397 e. The SMILES string of the molecule is CC(C)(C)NS(=O)(=O)Nc1c(N)ccc(F)c1F. The standard InChI is InChI=1S/C10H15F2N3O2S/c1-10(2,3)15-18(16,17)14-9-7(13)5-4-6(11)8(9)12/h4-5,14-15H,13H2,1-3H3. The molecule has 0 radical (unpaired) electrons. The van der Waals surface area contributed by atoms with E-state index in [2.05, 4.69) is 4.72 Å². The van der Waals surface area contributed by atoms with Crippen molar-refractivity contribution in [1.82, 2.24) is 4.72 Å². The third-order valence-electron chi connectivity index (χ3n) is 1.80. The van der Waals surface area contributed by atoms with E-state index >= 15 is 0 Å². The number of rotatable bonds is 3. The maximum Gasteiger partial charge on any atom is 0.299 e. The van der Waals surface area contributed by atoms with Crippen LogP contribution in [0.1, 0.15) is 20.8 Å². The van der Waals surface area contributed by atoms with Crippen molar-refractivity contribution in [3.8, 4) is 0 Å². The molecule has 0 saturated carbocycles. The first-order valence-electron chi connectivity index (χ1n) is 5.07. The monoisotopic (exact) mass is 279 g/mol. The van der Waals surface area contributed by atoms with Crippen molar-refractivity contribution in [2.24, 2.45) is 0 Å². The Kier molecular flexibility index (Phi) is 3.82. The number of benzene rings is 1. The molecule has 0 aliphatic rings. The number of nitrogens with one attached hydrogen (secondary N) is 2. The van der Waals surface area contributed by atoms with Gasteiger partial charge in [0.25, 0.3) is 10.2 Å². The van der Waals surface area contributed by atoms with Gasteiger partial charge in [-0.15, -0.1) is 0 Å². The Labute approximate surface area is 105 Å². The van der Waals surface area contributed by atoms with E-state index in [0.717, 1.165) is 12.1 Å². The summed E-state index contributed by atoms with van der Waals surface area (Å²) in [6, 6.07) is 1.90. The van der Waals surface area contributed by atoms with Crippen LogP contribution in [0.4, 0.5) is 20.2 Å². The lowest BCUT2D eigenvalue weighted by Gasteiger charge is -2.21. The van der Waals surface area contributed by atoms with E-state index < -0.39 is 33.1 Å². The highest BCUT2D eigenvalue weighted by molar-refractivity contribution is 7.90. The van der Waals surface area contributed by atoms with Crippen LogP contribution in [-0.2, 0) is 10.2 Å². The zero-order valence-electron chi connectivity index (χ0n) is 10.2. The molecule has 4 N–H and O–H groups in total. The van der Waals surface area contributed by atoms with Crippen LogP contribution in [0.25, 0.3) is 0 Å². The van der Waals surface area contributed by atoms with E-state index in [1.807, 2.05) is 4.72 Å². The van der Waals surface area contributed by atoms with Crippen molar-refractivity contribution in [3.05, 3.63) is 23.8 Å². The van der Waals surface area contributed by atoms with Gasteiger partial charge in [0.05, 0.1) is 5.69 Å². The third-order valence-corrected chi connectivity index (χ3v) is 3.16. The topological polar surface area (TPSA) is 84.2 Å². The Balaban J connectivity index is 3.09. The molecule has 0 heterocycles. The van der Waals surface area contributed by atoms with Crippen LogP contribution in [0.3, 0.4) is 0 Å². The Morgan fingerprint density at radius 2 is 1.78 bits per heavy atom. The van der Waals surface area contributed by atoms with Gasteiger partial charge in [-0.2, -0.15) is 13.1 Å². The second kappa shape index (κ2) is 4.69. The van der Waals surface area contributed by atoms with Gasteiger partial charge in [-0.1, -0.05) is 0 Å². The summed E-state index contributed by atoms with van der Waals surface area (Å²) >= 11 is 0. The number of hydrogen-bond acceptors (Lipinski definition) is 3. The van der Waals surface area contributed by atoms with Gasteiger partial charge < -0.3 is 5.73 Å². The zero-order valence-corrected chi connectivity index (χ0v) is 11.0. The fraction of sp³-hybridized carbons (Fsp3) is 0.400. The average Bonchev–Trinajstić information content (AvgIpc) is 2.15. The lowest BCUT2D eigenvalue weighted by Crippen LogP contribution is -2.43. The van der Waals surface area contributed by atoms with Gasteiger partial charge in [-0.3, -0.25) is 4.72 Å². The number of halogens is 2. The predicted molar refractivity (Wildman–Crippen MR) is 66.2 cm³/mol. The van der Waals surface area contributed by atoms with Crippen LogP contribution in [0.2, 0.25) is 0 Å². The molecule has 0 unspecified atom stereocenters. The number of nitrogen functional groups attached to an aromatic ring is 1. The molecule has 0 aliphatic carbocycles. The predicted octanol–water partition coefficient (Wildman–Crippen LogP) is 1.59. The zero-order chi connectivity index (χ0) is 14.1. The smallest absolute Gasteiger partial charge is 0.299 e. The first-order valence-corrected chi connectivity index (χ1v) is 6.55. The summed E-state index contributed by atoms with van der Waals surface area (Å²) in [5, 5.41) is 0. The van der Waals surface area contributed by atoms with E-state index in [0.29, 0.717) is 0 Å². The maximum atomic E-state index is 13.4. The highest BCUT2D eigenvalue weighted by Crippen LogP contribution is 2.25. The first kappa shape index (κ1) is 14.7. The van der Waals surface area contributed by atoms with E-state index in [9.17, 15) is 17.2 Å². The van der Waals surface area contributed by atoms with E-state index in [4.69, 9.17) is 5.73 Å². The summed E-state index contributed by atoms with van der Waals surface area (Å²) in [6.45, 7) is 4.83. The Bertz CT molecular complexity index is 553. The van der Waals surface area contributed by atoms with Crippen molar-refractivity contribution < 1.29 is 17.2 Å². The number of nitrogens with two attached hydrogens (primary N) is 1. The van der Waals surface area contributed by atoms with Crippen molar-refractivity contribution in [2.45, 2.75) is 26.3 Å². The van der Waals surface area contributed by atoms with Gasteiger partial charge >= 0.3 is 0 Å². The summed E-state index contributed by atoms with van der Waals surface area (Å²) in [7, 11) is -4.04. The summed E-state index contributed by atoms with van der Waals surface area (Å²) < 4.78 is 53.8. The molecule has 0 spiro atoms. The van der Waals surface area contributed by atoms with Crippen molar-refractivity contribution in [1.29, 1.82) is 0 Å². The van der Waals surface area contributed by atoms with E-state index in [-0.39, 0.29) is 5.69 Å². The number of hydrogen-bond donors (Lipinski definition) is 3. The second-order valence-corrected chi connectivity index (χ2v) is 6.20. The summed E-state index contributed by atoms with van der Waals surface area (Å²) in [5.41, 5.74) is 3.83. The van der Waals surface area contributed by atoms with Gasteiger partial charge in [0.2, 0.25) is 0 Å². The highest BCUT2D eigenvalue weighted by Gasteiger charge is 2.23. The maximum absolute atomic E-state index is 13.4. The Hall–Kier alpha value is -1.41. The van der Waals surface area contributed by atoms with E-state index in [1.54, 1.807) is 20.8 Å². The van der Waals surface area contributed by atoms with Crippen LogP contribution >= 0.6 is 0 Å². The summed E-state index contributed by atoms with van der Waals surface area (Å²) in [5.74, 6) is -2.52. The fourth-order valence-corrected chi connectivity index (χ4v) is 2.57. The van der Waals surface area contributed by atoms with Gasteiger partial charge in [-0.25, -0.2) is 8.78 Å². The minimum atomic E-state index is -4.04. The van der Waals surface area contributed by atoms with Gasteiger partial charge in [0.15, 0.2) is 11.6 Å². The molecular formula is C10H15F2N3O2S. The molecule has 0 saturated heterocycles. The normalized spacial score (nSPS) is 12.5. The molecule has 1 rings (SSSR count). The molecule has 5 nitrogen and oxygen atoms in total. The minimum absolute atomic E-state index is 0.201. The highest BCUT2D eigenvalue weighted by atomic mass is 32.2. The molecule has 1 aromatic rings. The van der Waals surface area contributed by atoms with Crippen molar-refractivity contribution >= 4 is 21.6 Å². The van der Waals surface area contributed by atoms with Crippen molar-refractivity contribution in [3.63, 3.8) is 0 Å². The molecule has 102 valence electrons. The second-order valence-electron chi connectivity index (χ2n) is 4.78. The molecule has 8 heteroatoms.